The summed E-state index contributed by atoms with van der Waals surface area (Å²) in [5.74, 6) is 6.14. The molecule has 120 valence electrons. The maximum absolute atomic E-state index is 11.4. The number of hydrogen-bond donors (Lipinski definition) is 1. The van der Waals surface area contributed by atoms with Gasteiger partial charge in [0.2, 0.25) is 0 Å². The van der Waals surface area contributed by atoms with Crippen LogP contribution in [0.4, 0.5) is 5.69 Å². The second-order valence-corrected chi connectivity index (χ2v) is 5.42. The smallest absolute Gasteiger partial charge is 0.337 e. The van der Waals surface area contributed by atoms with Gasteiger partial charge in [-0.15, -0.1) is 5.92 Å². The summed E-state index contributed by atoms with van der Waals surface area (Å²) in [7, 11) is 1.38. The molecule has 1 N–H and O–H groups in total. The van der Waals surface area contributed by atoms with Crippen molar-refractivity contribution in [1.82, 2.24) is 0 Å². The normalized spacial score (nSPS) is 11.2. The Morgan fingerprint density at radius 3 is 2.50 bits per heavy atom. The van der Waals surface area contributed by atoms with Crippen molar-refractivity contribution in [3.63, 3.8) is 0 Å². The minimum atomic E-state index is -0.317. The molecule has 0 aliphatic rings. The van der Waals surface area contributed by atoms with Crippen molar-refractivity contribution in [3.05, 3.63) is 29.8 Å². The highest BCUT2D eigenvalue weighted by atomic mass is 16.5. The third-order valence-corrected chi connectivity index (χ3v) is 3.41. The van der Waals surface area contributed by atoms with Gasteiger partial charge in [-0.25, -0.2) is 4.79 Å². The van der Waals surface area contributed by atoms with Crippen LogP contribution in [0.1, 0.15) is 62.7 Å². The number of anilines is 1. The molecule has 0 radical (unpaired) electrons. The largest absolute Gasteiger partial charge is 0.465 e. The number of carbonyl (C=O) groups is 1. The standard InChI is InChI=1S/C19H27NO2/c1-4-5-6-7-8-9-10-11-16(2)20-18-14-12-17(13-15-18)19(21)22-3/h12-16,20H,4-9H2,1-3H3/t16-/m0/s1. The Kier molecular flexibility index (Phi) is 8.83. The molecule has 1 aromatic carbocycles. The highest BCUT2D eigenvalue weighted by Crippen LogP contribution is 2.11. The van der Waals surface area contributed by atoms with Gasteiger partial charge < -0.3 is 10.1 Å². The van der Waals surface area contributed by atoms with Crippen molar-refractivity contribution in [1.29, 1.82) is 0 Å². The predicted molar refractivity (Wildman–Crippen MR) is 92.0 cm³/mol. The van der Waals surface area contributed by atoms with Crippen molar-refractivity contribution >= 4 is 11.7 Å². The van der Waals surface area contributed by atoms with Crippen molar-refractivity contribution in [2.24, 2.45) is 0 Å². The zero-order chi connectivity index (χ0) is 16.2. The predicted octanol–water partition coefficient (Wildman–Crippen LogP) is 4.64. The Hall–Kier alpha value is -1.95. The fourth-order valence-corrected chi connectivity index (χ4v) is 2.15. The summed E-state index contributed by atoms with van der Waals surface area (Å²) < 4.78 is 4.68. The molecule has 0 amide bonds. The molecule has 0 heterocycles. The summed E-state index contributed by atoms with van der Waals surface area (Å²) in [5.41, 5.74) is 1.51. The van der Waals surface area contributed by atoms with Crippen LogP contribution in [0.25, 0.3) is 0 Å². The summed E-state index contributed by atoms with van der Waals surface area (Å²) in [6.07, 6.45) is 7.36. The third kappa shape index (κ3) is 7.17. The van der Waals surface area contributed by atoms with Crippen LogP contribution in [0.5, 0.6) is 0 Å². The lowest BCUT2D eigenvalue weighted by Gasteiger charge is -2.09. The lowest BCUT2D eigenvalue weighted by molar-refractivity contribution is 0.0601. The average Bonchev–Trinajstić information content (AvgIpc) is 2.54. The molecule has 0 saturated heterocycles. The fraction of sp³-hybridized carbons (Fsp3) is 0.526. The maximum Gasteiger partial charge on any atom is 0.337 e. The average molecular weight is 301 g/mol. The van der Waals surface area contributed by atoms with E-state index in [0.29, 0.717) is 5.56 Å². The third-order valence-electron chi connectivity index (χ3n) is 3.41. The number of esters is 1. The van der Waals surface area contributed by atoms with E-state index >= 15 is 0 Å². The van der Waals surface area contributed by atoms with Gasteiger partial charge in [-0.3, -0.25) is 0 Å². The summed E-state index contributed by atoms with van der Waals surface area (Å²) in [4.78, 5) is 11.4. The van der Waals surface area contributed by atoms with Gasteiger partial charge in [0.25, 0.3) is 0 Å². The highest BCUT2D eigenvalue weighted by molar-refractivity contribution is 5.89. The van der Waals surface area contributed by atoms with Crippen LogP contribution in [0.2, 0.25) is 0 Å². The number of ether oxygens (including phenoxy) is 1. The van der Waals surface area contributed by atoms with Crippen LogP contribution in [0, 0.1) is 11.8 Å². The first-order valence-electron chi connectivity index (χ1n) is 8.10. The first-order chi connectivity index (χ1) is 10.7. The molecule has 0 fully saturated rings. The zero-order valence-corrected chi connectivity index (χ0v) is 13.9. The van der Waals surface area contributed by atoms with E-state index < -0.39 is 0 Å². The number of unbranched alkanes of at least 4 members (excludes halogenated alkanes) is 5. The molecule has 0 aliphatic carbocycles. The van der Waals surface area contributed by atoms with Gasteiger partial charge in [0.15, 0.2) is 0 Å². The van der Waals surface area contributed by atoms with Gasteiger partial charge in [0.05, 0.1) is 18.7 Å². The fourth-order valence-electron chi connectivity index (χ4n) is 2.15. The highest BCUT2D eigenvalue weighted by Gasteiger charge is 2.04. The number of carbonyl (C=O) groups excluding carboxylic acids is 1. The quantitative estimate of drug-likeness (QED) is 0.432. The lowest BCUT2D eigenvalue weighted by atomic mass is 10.1. The Labute approximate surface area is 134 Å². The Balaban J connectivity index is 2.33. The van der Waals surface area contributed by atoms with Gasteiger partial charge in [-0.1, -0.05) is 38.5 Å². The van der Waals surface area contributed by atoms with Crippen molar-refractivity contribution in [2.45, 2.75) is 58.4 Å². The van der Waals surface area contributed by atoms with Gasteiger partial charge in [-0.2, -0.15) is 0 Å². The van der Waals surface area contributed by atoms with Crippen LogP contribution in [-0.2, 0) is 4.74 Å². The second kappa shape index (κ2) is 10.7. The molecule has 0 bridgehead atoms. The molecule has 0 aliphatic heterocycles. The Bertz CT molecular complexity index is 496. The molecule has 0 aromatic heterocycles. The number of nitrogens with one attached hydrogen (secondary N) is 1. The number of hydrogen-bond acceptors (Lipinski definition) is 3. The summed E-state index contributed by atoms with van der Waals surface area (Å²) in [6.45, 7) is 4.27. The first-order valence-corrected chi connectivity index (χ1v) is 8.10. The Morgan fingerprint density at radius 1 is 1.18 bits per heavy atom. The topological polar surface area (TPSA) is 38.3 Å². The molecule has 0 unspecified atom stereocenters. The monoisotopic (exact) mass is 301 g/mol. The van der Waals surface area contributed by atoms with E-state index in [1.807, 2.05) is 19.1 Å². The molecule has 1 rings (SSSR count). The molecular formula is C19H27NO2. The van der Waals surface area contributed by atoms with Crippen molar-refractivity contribution in [3.8, 4) is 11.8 Å². The van der Waals surface area contributed by atoms with E-state index in [9.17, 15) is 4.79 Å². The SMILES string of the molecule is CCCCCCCC#C[C@H](C)Nc1ccc(C(=O)OC)cc1. The molecular weight excluding hydrogens is 274 g/mol. The first kappa shape index (κ1) is 18.1. The second-order valence-electron chi connectivity index (χ2n) is 5.42. The van der Waals surface area contributed by atoms with Crippen LogP contribution in [-0.4, -0.2) is 19.1 Å². The summed E-state index contributed by atoms with van der Waals surface area (Å²) >= 11 is 0. The minimum absolute atomic E-state index is 0.0969. The minimum Gasteiger partial charge on any atom is -0.465 e. The summed E-state index contributed by atoms with van der Waals surface area (Å²) in [6, 6.07) is 7.34. The number of methoxy groups -OCH3 is 1. The number of rotatable bonds is 8. The van der Waals surface area contributed by atoms with Crippen LogP contribution in [0.15, 0.2) is 24.3 Å². The zero-order valence-electron chi connectivity index (χ0n) is 13.9. The van der Waals surface area contributed by atoms with E-state index in [0.717, 1.165) is 12.1 Å². The maximum atomic E-state index is 11.4. The van der Waals surface area contributed by atoms with Crippen LogP contribution < -0.4 is 5.32 Å². The van der Waals surface area contributed by atoms with Crippen molar-refractivity contribution in [2.75, 3.05) is 12.4 Å². The van der Waals surface area contributed by atoms with E-state index in [-0.39, 0.29) is 12.0 Å². The lowest BCUT2D eigenvalue weighted by Crippen LogP contribution is -2.12. The van der Waals surface area contributed by atoms with Crippen LogP contribution >= 0.6 is 0 Å². The summed E-state index contributed by atoms with van der Waals surface area (Å²) in [5, 5.41) is 3.31. The van der Waals surface area contributed by atoms with Gasteiger partial charge in [0.1, 0.15) is 0 Å². The molecule has 0 saturated carbocycles. The van der Waals surface area contributed by atoms with Gasteiger partial charge in [0, 0.05) is 12.1 Å². The molecule has 3 heteroatoms. The molecule has 1 atom stereocenters. The van der Waals surface area contributed by atoms with Crippen LogP contribution in [0.3, 0.4) is 0 Å². The molecule has 0 spiro atoms. The molecule has 22 heavy (non-hydrogen) atoms. The number of benzene rings is 1. The van der Waals surface area contributed by atoms with E-state index in [4.69, 9.17) is 0 Å². The van der Waals surface area contributed by atoms with Crippen molar-refractivity contribution < 1.29 is 9.53 Å². The van der Waals surface area contributed by atoms with Gasteiger partial charge in [-0.05, 0) is 37.6 Å². The van der Waals surface area contributed by atoms with Gasteiger partial charge >= 0.3 is 5.97 Å². The molecule has 1 aromatic rings. The van der Waals surface area contributed by atoms with E-state index in [2.05, 4.69) is 28.8 Å². The Morgan fingerprint density at radius 2 is 1.86 bits per heavy atom. The van der Waals surface area contributed by atoms with E-state index in [1.54, 1.807) is 12.1 Å². The molecule has 3 nitrogen and oxygen atoms in total. The van der Waals surface area contributed by atoms with E-state index in [1.165, 1.54) is 39.2 Å².